The fraction of sp³-hybridized carbons (Fsp3) is 0.150. The van der Waals surface area contributed by atoms with E-state index < -0.39 is 4.92 Å². The molecule has 0 fully saturated rings. The van der Waals surface area contributed by atoms with Gasteiger partial charge in [0.15, 0.2) is 0 Å². The zero-order valence-electron chi connectivity index (χ0n) is 16.0. The first kappa shape index (κ1) is 19.1. The number of nitrogens with zero attached hydrogens (tertiary/aromatic N) is 6. The minimum Gasteiger partial charge on any atom is -0.370 e. The lowest BCUT2D eigenvalue weighted by atomic mass is 10.2. The summed E-state index contributed by atoms with van der Waals surface area (Å²) in [6.45, 7) is 1.51. The molecule has 0 aliphatic heterocycles. The van der Waals surface area contributed by atoms with Gasteiger partial charge in [-0.15, -0.1) is 0 Å². The molecule has 4 rings (SSSR count). The Kier molecular flexibility index (Phi) is 5.65. The molecular formula is C20H20N8O2. The number of rotatable bonds is 9. The summed E-state index contributed by atoms with van der Waals surface area (Å²) in [5.74, 6) is 0.763. The number of nitrogens with one attached hydrogen (secondary N) is 2. The summed E-state index contributed by atoms with van der Waals surface area (Å²) >= 11 is 0. The van der Waals surface area contributed by atoms with E-state index in [2.05, 4.69) is 25.6 Å². The SMILES string of the molecule is O=[N+]([O-])c1ccc(NCCCn2ccnc2)nc1Nc1ccc(-n2ccnc2)cc1. The largest absolute Gasteiger partial charge is 0.370 e. The van der Waals surface area contributed by atoms with Crippen molar-refractivity contribution in [3.05, 3.63) is 84.0 Å². The number of pyridine rings is 1. The van der Waals surface area contributed by atoms with Gasteiger partial charge in [0.1, 0.15) is 5.82 Å². The molecule has 1 aromatic carbocycles. The summed E-state index contributed by atoms with van der Waals surface area (Å²) in [6.07, 6.45) is 11.5. The Labute approximate surface area is 172 Å². The van der Waals surface area contributed by atoms with Crippen molar-refractivity contribution >= 4 is 23.0 Å². The van der Waals surface area contributed by atoms with Crippen LogP contribution in [0.25, 0.3) is 5.69 Å². The third-order valence-corrected chi connectivity index (χ3v) is 4.46. The molecule has 0 amide bonds. The van der Waals surface area contributed by atoms with Crippen molar-refractivity contribution in [3.8, 4) is 5.69 Å². The molecule has 10 heteroatoms. The molecule has 0 unspecified atom stereocenters. The number of nitro groups is 1. The lowest BCUT2D eigenvalue weighted by Gasteiger charge is -2.11. The predicted molar refractivity (Wildman–Crippen MR) is 113 cm³/mol. The molecule has 0 bridgehead atoms. The minimum atomic E-state index is -0.446. The number of anilines is 3. The van der Waals surface area contributed by atoms with Crippen LogP contribution in [-0.4, -0.2) is 35.6 Å². The number of aromatic nitrogens is 5. The van der Waals surface area contributed by atoms with E-state index in [1.54, 1.807) is 31.1 Å². The molecular weight excluding hydrogens is 384 g/mol. The van der Waals surface area contributed by atoms with E-state index in [9.17, 15) is 10.1 Å². The molecule has 0 aliphatic carbocycles. The highest BCUT2D eigenvalue weighted by Gasteiger charge is 2.16. The van der Waals surface area contributed by atoms with Crippen LogP contribution in [0.1, 0.15) is 6.42 Å². The summed E-state index contributed by atoms with van der Waals surface area (Å²) in [5, 5.41) is 17.7. The lowest BCUT2D eigenvalue weighted by molar-refractivity contribution is -0.384. The van der Waals surface area contributed by atoms with E-state index >= 15 is 0 Å². The molecule has 152 valence electrons. The number of hydrogen-bond acceptors (Lipinski definition) is 7. The second kappa shape index (κ2) is 8.86. The summed E-state index contributed by atoms with van der Waals surface area (Å²) in [6, 6.07) is 10.5. The van der Waals surface area contributed by atoms with Crippen molar-refractivity contribution in [1.82, 2.24) is 24.1 Å². The molecule has 0 spiro atoms. The summed E-state index contributed by atoms with van der Waals surface area (Å²) in [4.78, 5) is 23.4. The quantitative estimate of drug-likeness (QED) is 0.249. The molecule has 0 radical (unpaired) electrons. The number of aryl methyl sites for hydroxylation is 1. The molecule has 3 heterocycles. The number of imidazole rings is 2. The van der Waals surface area contributed by atoms with Crippen molar-refractivity contribution in [3.63, 3.8) is 0 Å². The van der Waals surface area contributed by atoms with Crippen molar-refractivity contribution in [2.75, 3.05) is 17.2 Å². The Balaban J connectivity index is 1.44. The average Bonchev–Trinajstić information content (AvgIpc) is 3.46. The Bertz CT molecular complexity index is 1090. The van der Waals surface area contributed by atoms with Gasteiger partial charge in [-0.25, -0.2) is 15.0 Å². The first-order valence-electron chi connectivity index (χ1n) is 9.39. The summed E-state index contributed by atoms with van der Waals surface area (Å²) in [5.41, 5.74) is 1.55. The highest BCUT2D eigenvalue weighted by atomic mass is 16.6. The van der Waals surface area contributed by atoms with Crippen molar-refractivity contribution < 1.29 is 4.92 Å². The minimum absolute atomic E-state index is 0.0855. The van der Waals surface area contributed by atoms with Crippen LogP contribution in [0.15, 0.2) is 73.8 Å². The Morgan fingerprint density at radius 2 is 1.80 bits per heavy atom. The fourth-order valence-corrected chi connectivity index (χ4v) is 2.95. The van der Waals surface area contributed by atoms with Gasteiger partial charge in [0, 0.05) is 55.3 Å². The van der Waals surface area contributed by atoms with Crippen LogP contribution in [0, 0.1) is 10.1 Å². The number of benzene rings is 1. The molecule has 2 N–H and O–H groups in total. The van der Waals surface area contributed by atoms with Crippen molar-refractivity contribution in [1.29, 1.82) is 0 Å². The zero-order chi connectivity index (χ0) is 20.8. The highest BCUT2D eigenvalue weighted by molar-refractivity contribution is 5.68. The summed E-state index contributed by atoms with van der Waals surface area (Å²) in [7, 11) is 0. The van der Waals surface area contributed by atoms with Gasteiger partial charge in [0.2, 0.25) is 5.82 Å². The second-order valence-corrected chi connectivity index (χ2v) is 6.54. The molecule has 0 aliphatic rings. The fourth-order valence-electron chi connectivity index (χ4n) is 2.95. The lowest BCUT2D eigenvalue weighted by Crippen LogP contribution is -2.08. The van der Waals surface area contributed by atoms with Gasteiger partial charge >= 0.3 is 5.69 Å². The van der Waals surface area contributed by atoms with Crippen LogP contribution in [0.2, 0.25) is 0 Å². The normalized spacial score (nSPS) is 10.7. The first-order chi connectivity index (χ1) is 14.7. The maximum atomic E-state index is 11.4. The standard InChI is InChI=1S/C20H20N8O2/c29-28(30)18-6-7-19(23-8-1-11-26-12-9-21-14-26)25-20(18)24-16-2-4-17(5-3-16)27-13-10-22-15-27/h2-7,9-10,12-15H,1,8,11H2,(H2,23,24,25). The Hall–Kier alpha value is -4.21. The van der Waals surface area contributed by atoms with E-state index in [0.717, 1.165) is 18.7 Å². The van der Waals surface area contributed by atoms with Gasteiger partial charge in [-0.05, 0) is 36.8 Å². The third kappa shape index (κ3) is 4.61. The number of hydrogen-bond donors (Lipinski definition) is 2. The van der Waals surface area contributed by atoms with Gasteiger partial charge in [-0.2, -0.15) is 0 Å². The monoisotopic (exact) mass is 404 g/mol. The topological polar surface area (TPSA) is 116 Å². The van der Waals surface area contributed by atoms with Gasteiger partial charge in [0.05, 0.1) is 17.6 Å². The Morgan fingerprint density at radius 1 is 1.00 bits per heavy atom. The molecule has 0 atom stereocenters. The van der Waals surface area contributed by atoms with Crippen LogP contribution in [0.5, 0.6) is 0 Å². The molecule has 4 aromatic rings. The Morgan fingerprint density at radius 3 is 2.50 bits per heavy atom. The molecule has 3 aromatic heterocycles. The molecule has 0 saturated carbocycles. The van der Waals surface area contributed by atoms with E-state index in [4.69, 9.17) is 0 Å². The van der Waals surface area contributed by atoms with Crippen LogP contribution in [0.4, 0.5) is 23.0 Å². The third-order valence-electron chi connectivity index (χ3n) is 4.46. The van der Waals surface area contributed by atoms with E-state index in [-0.39, 0.29) is 11.5 Å². The maximum Gasteiger partial charge on any atom is 0.311 e. The van der Waals surface area contributed by atoms with Gasteiger partial charge in [0.25, 0.3) is 0 Å². The predicted octanol–water partition coefficient (Wildman–Crippen LogP) is 3.62. The summed E-state index contributed by atoms with van der Waals surface area (Å²) < 4.78 is 3.87. The van der Waals surface area contributed by atoms with Crippen LogP contribution >= 0.6 is 0 Å². The van der Waals surface area contributed by atoms with Crippen molar-refractivity contribution in [2.24, 2.45) is 0 Å². The molecule has 30 heavy (non-hydrogen) atoms. The van der Waals surface area contributed by atoms with E-state index in [1.807, 2.05) is 45.8 Å². The van der Waals surface area contributed by atoms with Gasteiger partial charge in [-0.3, -0.25) is 10.1 Å². The van der Waals surface area contributed by atoms with Gasteiger partial charge < -0.3 is 19.8 Å². The van der Waals surface area contributed by atoms with Crippen LogP contribution in [-0.2, 0) is 6.54 Å². The van der Waals surface area contributed by atoms with E-state index in [0.29, 0.717) is 18.1 Å². The zero-order valence-corrected chi connectivity index (χ0v) is 16.0. The maximum absolute atomic E-state index is 11.4. The van der Waals surface area contributed by atoms with Crippen molar-refractivity contribution in [2.45, 2.75) is 13.0 Å². The highest BCUT2D eigenvalue weighted by Crippen LogP contribution is 2.27. The van der Waals surface area contributed by atoms with E-state index in [1.165, 1.54) is 6.07 Å². The van der Waals surface area contributed by atoms with Gasteiger partial charge in [-0.1, -0.05) is 0 Å². The smallest absolute Gasteiger partial charge is 0.311 e. The first-order valence-corrected chi connectivity index (χ1v) is 9.39. The average molecular weight is 404 g/mol. The second-order valence-electron chi connectivity index (χ2n) is 6.54. The van der Waals surface area contributed by atoms with Crippen LogP contribution < -0.4 is 10.6 Å². The molecule has 0 saturated heterocycles. The van der Waals surface area contributed by atoms with Crippen LogP contribution in [0.3, 0.4) is 0 Å². The molecule has 10 nitrogen and oxygen atoms in total.